The van der Waals surface area contributed by atoms with Crippen molar-refractivity contribution in [3.63, 3.8) is 0 Å². The van der Waals surface area contributed by atoms with Gasteiger partial charge in [0.1, 0.15) is 6.04 Å². The number of rotatable bonds is 3. The van der Waals surface area contributed by atoms with Crippen molar-refractivity contribution >= 4 is 5.91 Å². The maximum Gasteiger partial charge on any atom is 0.244 e. The second-order valence-corrected chi connectivity index (χ2v) is 3.52. The quantitative estimate of drug-likeness (QED) is 0.663. The van der Waals surface area contributed by atoms with Crippen LogP contribution in [0.4, 0.5) is 0 Å². The molecule has 0 radical (unpaired) electrons. The summed E-state index contributed by atoms with van der Waals surface area (Å²) >= 11 is 0. The fourth-order valence-electron chi connectivity index (χ4n) is 1.15. The van der Waals surface area contributed by atoms with Crippen LogP contribution >= 0.6 is 0 Å². The highest BCUT2D eigenvalue weighted by Gasteiger charge is 2.23. The van der Waals surface area contributed by atoms with Crippen LogP contribution in [0.1, 0.15) is 26.7 Å². The molecule has 1 fully saturated rings. The van der Waals surface area contributed by atoms with Crippen molar-refractivity contribution in [3.05, 3.63) is 11.6 Å². The third-order valence-electron chi connectivity index (χ3n) is 2.13. The van der Waals surface area contributed by atoms with Crippen LogP contribution in [0, 0.1) is 17.2 Å². The van der Waals surface area contributed by atoms with E-state index in [0.29, 0.717) is 5.92 Å². The van der Waals surface area contributed by atoms with Gasteiger partial charge in [-0.3, -0.25) is 4.79 Å². The third-order valence-corrected chi connectivity index (χ3v) is 2.13. The van der Waals surface area contributed by atoms with E-state index in [9.17, 15) is 4.79 Å². The highest BCUT2D eigenvalue weighted by molar-refractivity contribution is 5.88. The van der Waals surface area contributed by atoms with Crippen LogP contribution in [0.3, 0.4) is 0 Å². The normalized spacial score (nSPS) is 19.0. The zero-order valence-electron chi connectivity index (χ0n) is 8.00. The Balaban J connectivity index is 2.40. The lowest BCUT2D eigenvalue weighted by atomic mass is 10.2. The summed E-state index contributed by atoms with van der Waals surface area (Å²) in [4.78, 5) is 11.2. The number of hydrogen-bond donors (Lipinski definition) is 1. The monoisotopic (exact) mass is 178 g/mol. The first-order valence-corrected chi connectivity index (χ1v) is 4.51. The molecular weight excluding hydrogens is 164 g/mol. The molecule has 1 N–H and O–H groups in total. The minimum Gasteiger partial charge on any atom is -0.337 e. The molecule has 1 saturated carbocycles. The Morgan fingerprint density at radius 1 is 1.69 bits per heavy atom. The molecule has 0 unspecified atom stereocenters. The zero-order chi connectivity index (χ0) is 9.84. The van der Waals surface area contributed by atoms with Crippen LogP contribution in [-0.2, 0) is 4.79 Å². The number of nitrogens with zero attached hydrogens (tertiary/aromatic N) is 1. The highest BCUT2D eigenvalue weighted by Crippen LogP contribution is 2.35. The van der Waals surface area contributed by atoms with Crippen molar-refractivity contribution in [1.29, 1.82) is 5.26 Å². The molecule has 0 aromatic rings. The van der Waals surface area contributed by atoms with E-state index in [1.54, 1.807) is 13.0 Å². The summed E-state index contributed by atoms with van der Waals surface area (Å²) in [6, 6.07) is 1.55. The van der Waals surface area contributed by atoms with Gasteiger partial charge in [0.15, 0.2) is 0 Å². The molecular formula is C10H14N2O. The first-order valence-electron chi connectivity index (χ1n) is 4.51. The summed E-state index contributed by atoms with van der Waals surface area (Å²) in [5.74, 6) is 0.460. The molecule has 0 aromatic heterocycles. The molecule has 1 aliphatic rings. The molecule has 0 heterocycles. The Morgan fingerprint density at radius 2 is 2.31 bits per heavy atom. The summed E-state index contributed by atoms with van der Waals surface area (Å²) < 4.78 is 0. The Kier molecular flexibility index (Phi) is 3.07. The van der Waals surface area contributed by atoms with Gasteiger partial charge in [0, 0.05) is 6.08 Å². The van der Waals surface area contributed by atoms with Crippen LogP contribution in [-0.4, -0.2) is 11.9 Å². The third kappa shape index (κ3) is 3.29. The lowest BCUT2D eigenvalue weighted by molar-refractivity contribution is -0.116. The zero-order valence-corrected chi connectivity index (χ0v) is 8.00. The molecule has 0 aliphatic heterocycles. The number of carbonyl (C=O) groups excluding carboxylic acids is 1. The Hall–Kier alpha value is -1.30. The average molecular weight is 178 g/mol. The van der Waals surface area contributed by atoms with Gasteiger partial charge in [0.25, 0.3) is 0 Å². The molecule has 70 valence electrons. The number of nitriles is 1. The van der Waals surface area contributed by atoms with Gasteiger partial charge < -0.3 is 5.32 Å². The van der Waals surface area contributed by atoms with Crippen molar-refractivity contribution in [2.24, 2.45) is 5.92 Å². The van der Waals surface area contributed by atoms with Crippen LogP contribution < -0.4 is 5.32 Å². The van der Waals surface area contributed by atoms with Crippen LogP contribution in [0.15, 0.2) is 11.6 Å². The van der Waals surface area contributed by atoms with Gasteiger partial charge in [-0.25, -0.2) is 0 Å². The van der Waals surface area contributed by atoms with E-state index in [2.05, 4.69) is 5.32 Å². The predicted molar refractivity (Wildman–Crippen MR) is 49.7 cm³/mol. The minimum atomic E-state index is -0.407. The van der Waals surface area contributed by atoms with E-state index < -0.39 is 6.04 Å². The van der Waals surface area contributed by atoms with E-state index in [1.807, 2.05) is 13.0 Å². The number of amides is 1. The number of allylic oxidation sites excluding steroid dienone is 1. The smallest absolute Gasteiger partial charge is 0.244 e. The van der Waals surface area contributed by atoms with Gasteiger partial charge in [-0.1, -0.05) is 5.57 Å². The van der Waals surface area contributed by atoms with Crippen molar-refractivity contribution in [2.45, 2.75) is 32.7 Å². The van der Waals surface area contributed by atoms with Crippen LogP contribution in [0.2, 0.25) is 0 Å². The predicted octanol–water partition coefficient (Wildman–Crippen LogP) is 1.37. The van der Waals surface area contributed by atoms with Crippen molar-refractivity contribution in [2.75, 3.05) is 0 Å². The molecule has 0 bridgehead atoms. The minimum absolute atomic E-state index is 0.154. The van der Waals surface area contributed by atoms with Crippen molar-refractivity contribution in [3.8, 4) is 6.07 Å². The molecule has 1 rings (SSSR count). The van der Waals surface area contributed by atoms with Gasteiger partial charge in [-0.2, -0.15) is 5.26 Å². The van der Waals surface area contributed by atoms with E-state index in [0.717, 1.165) is 5.57 Å². The summed E-state index contributed by atoms with van der Waals surface area (Å²) in [5.41, 5.74) is 1.13. The van der Waals surface area contributed by atoms with Gasteiger partial charge in [-0.15, -0.1) is 0 Å². The molecule has 3 nitrogen and oxygen atoms in total. The van der Waals surface area contributed by atoms with Crippen molar-refractivity contribution in [1.82, 2.24) is 5.32 Å². The molecule has 1 amide bonds. The second-order valence-electron chi connectivity index (χ2n) is 3.52. The lowest BCUT2D eigenvalue weighted by Crippen LogP contribution is -2.29. The summed E-state index contributed by atoms with van der Waals surface area (Å²) in [6.45, 7) is 3.63. The average Bonchev–Trinajstić information content (AvgIpc) is 2.85. The van der Waals surface area contributed by atoms with E-state index >= 15 is 0 Å². The Bertz CT molecular complexity index is 271. The molecule has 0 spiro atoms. The first kappa shape index (κ1) is 9.79. The van der Waals surface area contributed by atoms with Crippen molar-refractivity contribution < 1.29 is 4.79 Å². The number of hydrogen-bond acceptors (Lipinski definition) is 2. The Morgan fingerprint density at radius 3 is 2.77 bits per heavy atom. The second kappa shape index (κ2) is 4.08. The lowest BCUT2D eigenvalue weighted by Gasteiger charge is -2.03. The SMILES string of the molecule is C/C(=C/C(=O)N[C@H](C)C#N)C1CC1. The van der Waals surface area contributed by atoms with E-state index in [-0.39, 0.29) is 5.91 Å². The molecule has 13 heavy (non-hydrogen) atoms. The Labute approximate surface area is 78.4 Å². The maximum absolute atomic E-state index is 11.2. The number of nitrogens with one attached hydrogen (secondary N) is 1. The summed E-state index contributed by atoms with van der Waals surface area (Å²) in [6.07, 6.45) is 4.00. The standard InChI is InChI=1S/C10H14N2O/c1-7(9-3-4-9)5-10(13)12-8(2)6-11/h5,8-9H,3-4H2,1-2H3,(H,12,13)/b7-5-/t8-/m1/s1. The topological polar surface area (TPSA) is 52.9 Å². The van der Waals surface area contributed by atoms with E-state index in [4.69, 9.17) is 5.26 Å². The van der Waals surface area contributed by atoms with Crippen LogP contribution in [0.5, 0.6) is 0 Å². The fraction of sp³-hybridized carbons (Fsp3) is 0.600. The van der Waals surface area contributed by atoms with E-state index in [1.165, 1.54) is 12.8 Å². The summed E-state index contributed by atoms with van der Waals surface area (Å²) in [5, 5.41) is 11.0. The van der Waals surface area contributed by atoms with Crippen LogP contribution in [0.25, 0.3) is 0 Å². The molecule has 1 aliphatic carbocycles. The molecule has 1 atom stereocenters. The molecule has 0 saturated heterocycles. The summed E-state index contributed by atoms with van der Waals surface area (Å²) in [7, 11) is 0. The van der Waals surface area contributed by atoms with Gasteiger partial charge in [0.2, 0.25) is 5.91 Å². The maximum atomic E-state index is 11.2. The highest BCUT2D eigenvalue weighted by atomic mass is 16.1. The first-order chi connectivity index (χ1) is 6.13. The van der Waals surface area contributed by atoms with Gasteiger partial charge in [-0.05, 0) is 32.6 Å². The molecule has 0 aromatic carbocycles. The fourth-order valence-corrected chi connectivity index (χ4v) is 1.15. The number of carbonyl (C=O) groups is 1. The molecule has 3 heteroatoms. The van der Waals surface area contributed by atoms with Gasteiger partial charge in [0.05, 0.1) is 6.07 Å². The largest absolute Gasteiger partial charge is 0.337 e. The van der Waals surface area contributed by atoms with Gasteiger partial charge >= 0.3 is 0 Å².